The molecule has 1 N–H and O–H groups in total. The van der Waals surface area contributed by atoms with Gasteiger partial charge in [-0.15, -0.1) is 0 Å². The smallest absolute Gasteiger partial charge is 0.416 e. The summed E-state index contributed by atoms with van der Waals surface area (Å²) in [4.78, 5) is 19.4. The number of hydrogen-bond donors (Lipinski definition) is 1. The predicted octanol–water partition coefficient (Wildman–Crippen LogP) is 2.76. The highest BCUT2D eigenvalue weighted by atomic mass is 19.4. The molecule has 0 saturated heterocycles. The van der Waals surface area contributed by atoms with Crippen LogP contribution in [0, 0.1) is 0 Å². The molecule has 2 rings (SSSR count). The summed E-state index contributed by atoms with van der Waals surface area (Å²) in [5.41, 5.74) is -0.517. The van der Waals surface area contributed by atoms with E-state index in [4.69, 9.17) is 4.74 Å². The standard InChI is InChI=1S/C13H10F3N3O2/c1-21-11-6-10(17-7-18-11)12(20)19-9-4-2-8(3-5-9)13(14,15)16/h2-7H,1H3,(H,19,20). The van der Waals surface area contributed by atoms with Crippen LogP contribution in [0.15, 0.2) is 36.7 Å². The van der Waals surface area contributed by atoms with E-state index in [1.54, 1.807) is 0 Å². The number of anilines is 1. The van der Waals surface area contributed by atoms with Crippen LogP contribution in [-0.2, 0) is 6.18 Å². The van der Waals surface area contributed by atoms with Gasteiger partial charge in [0.15, 0.2) is 0 Å². The highest BCUT2D eigenvalue weighted by molar-refractivity contribution is 6.02. The molecule has 0 spiro atoms. The Morgan fingerprint density at radius 2 is 1.86 bits per heavy atom. The molecule has 2 aromatic rings. The molecule has 0 atom stereocenters. The second kappa shape index (κ2) is 5.78. The number of ether oxygens (including phenoxy) is 1. The minimum Gasteiger partial charge on any atom is -0.481 e. The Hall–Kier alpha value is -2.64. The quantitative estimate of drug-likeness (QED) is 0.946. The third-order valence-electron chi connectivity index (χ3n) is 2.55. The Balaban J connectivity index is 2.12. The summed E-state index contributed by atoms with van der Waals surface area (Å²) in [6.45, 7) is 0. The van der Waals surface area contributed by atoms with Gasteiger partial charge in [0.1, 0.15) is 12.0 Å². The van der Waals surface area contributed by atoms with Crippen LogP contribution in [0.3, 0.4) is 0 Å². The van der Waals surface area contributed by atoms with Gasteiger partial charge < -0.3 is 10.1 Å². The average molecular weight is 297 g/mol. The number of hydrogen-bond acceptors (Lipinski definition) is 4. The molecule has 21 heavy (non-hydrogen) atoms. The monoisotopic (exact) mass is 297 g/mol. The van der Waals surface area contributed by atoms with Gasteiger partial charge in [-0.2, -0.15) is 13.2 Å². The van der Waals surface area contributed by atoms with Crippen LogP contribution in [0.5, 0.6) is 5.88 Å². The number of carbonyl (C=O) groups is 1. The highest BCUT2D eigenvalue weighted by Crippen LogP contribution is 2.29. The third kappa shape index (κ3) is 3.68. The maximum atomic E-state index is 12.4. The number of rotatable bonds is 3. The molecule has 0 fully saturated rings. The second-order valence-electron chi connectivity index (χ2n) is 3.97. The fraction of sp³-hybridized carbons (Fsp3) is 0.154. The zero-order chi connectivity index (χ0) is 15.5. The fourth-order valence-electron chi connectivity index (χ4n) is 1.51. The van der Waals surface area contributed by atoms with Gasteiger partial charge >= 0.3 is 6.18 Å². The molecule has 0 unspecified atom stereocenters. The van der Waals surface area contributed by atoms with E-state index in [0.717, 1.165) is 18.5 Å². The van der Waals surface area contributed by atoms with Crippen LogP contribution >= 0.6 is 0 Å². The maximum Gasteiger partial charge on any atom is 0.416 e. The van der Waals surface area contributed by atoms with Crippen molar-refractivity contribution in [3.05, 3.63) is 47.9 Å². The number of aromatic nitrogens is 2. The van der Waals surface area contributed by atoms with Crippen LogP contribution in [0.2, 0.25) is 0 Å². The summed E-state index contributed by atoms with van der Waals surface area (Å²) in [5, 5.41) is 2.44. The fourth-order valence-corrected chi connectivity index (χ4v) is 1.51. The van der Waals surface area contributed by atoms with Gasteiger partial charge in [-0.25, -0.2) is 9.97 Å². The molecule has 0 aliphatic heterocycles. The number of methoxy groups -OCH3 is 1. The molecular formula is C13H10F3N3O2. The Morgan fingerprint density at radius 1 is 1.19 bits per heavy atom. The second-order valence-corrected chi connectivity index (χ2v) is 3.97. The van der Waals surface area contributed by atoms with Crippen molar-refractivity contribution in [2.45, 2.75) is 6.18 Å². The topological polar surface area (TPSA) is 64.1 Å². The lowest BCUT2D eigenvalue weighted by molar-refractivity contribution is -0.137. The van der Waals surface area contributed by atoms with Crippen LogP contribution in [0.1, 0.15) is 16.1 Å². The zero-order valence-corrected chi connectivity index (χ0v) is 10.8. The maximum absolute atomic E-state index is 12.4. The summed E-state index contributed by atoms with van der Waals surface area (Å²) >= 11 is 0. The van der Waals surface area contributed by atoms with Crippen molar-refractivity contribution < 1.29 is 22.7 Å². The molecule has 0 radical (unpaired) electrons. The minimum atomic E-state index is -4.41. The molecule has 1 amide bonds. The number of nitrogens with zero attached hydrogens (tertiary/aromatic N) is 2. The van der Waals surface area contributed by atoms with Gasteiger partial charge in [0.2, 0.25) is 5.88 Å². The number of nitrogens with one attached hydrogen (secondary N) is 1. The van der Waals surface area contributed by atoms with Gasteiger partial charge in [0.25, 0.3) is 5.91 Å². The van der Waals surface area contributed by atoms with Gasteiger partial charge in [0.05, 0.1) is 12.7 Å². The van der Waals surface area contributed by atoms with Gasteiger partial charge in [-0.05, 0) is 24.3 Å². The largest absolute Gasteiger partial charge is 0.481 e. The molecule has 1 heterocycles. The van der Waals surface area contributed by atoms with Crippen molar-refractivity contribution in [2.24, 2.45) is 0 Å². The SMILES string of the molecule is COc1cc(C(=O)Nc2ccc(C(F)(F)F)cc2)ncn1. The average Bonchev–Trinajstić information content (AvgIpc) is 2.47. The van der Waals surface area contributed by atoms with Crippen LogP contribution in [0.25, 0.3) is 0 Å². The Morgan fingerprint density at radius 3 is 2.43 bits per heavy atom. The van der Waals surface area contributed by atoms with E-state index in [2.05, 4.69) is 15.3 Å². The van der Waals surface area contributed by atoms with E-state index in [0.29, 0.717) is 0 Å². The molecule has 1 aromatic carbocycles. The minimum absolute atomic E-state index is 0.0433. The highest BCUT2D eigenvalue weighted by Gasteiger charge is 2.30. The predicted molar refractivity (Wildman–Crippen MR) is 68.0 cm³/mol. The van der Waals surface area contributed by atoms with Crippen molar-refractivity contribution in [3.63, 3.8) is 0 Å². The van der Waals surface area contributed by atoms with Gasteiger partial charge in [-0.1, -0.05) is 0 Å². The van der Waals surface area contributed by atoms with Crippen molar-refractivity contribution in [1.29, 1.82) is 0 Å². The zero-order valence-electron chi connectivity index (χ0n) is 10.8. The van der Waals surface area contributed by atoms with E-state index in [1.165, 1.54) is 25.3 Å². The van der Waals surface area contributed by atoms with E-state index in [1.807, 2.05) is 0 Å². The van der Waals surface area contributed by atoms with Crippen molar-refractivity contribution in [2.75, 3.05) is 12.4 Å². The van der Waals surface area contributed by atoms with Gasteiger partial charge in [0, 0.05) is 11.8 Å². The first kappa shape index (κ1) is 14.8. The lowest BCUT2D eigenvalue weighted by Crippen LogP contribution is -2.14. The van der Waals surface area contributed by atoms with Crippen molar-refractivity contribution >= 4 is 11.6 Å². The third-order valence-corrected chi connectivity index (χ3v) is 2.55. The Labute approximate surface area is 117 Å². The number of halogens is 3. The molecular weight excluding hydrogens is 287 g/mol. The van der Waals surface area contributed by atoms with Crippen molar-refractivity contribution in [3.8, 4) is 5.88 Å². The lowest BCUT2D eigenvalue weighted by atomic mass is 10.2. The Bertz CT molecular complexity index is 642. The normalized spacial score (nSPS) is 11.0. The van der Waals surface area contributed by atoms with E-state index in [-0.39, 0.29) is 17.3 Å². The van der Waals surface area contributed by atoms with Crippen LogP contribution in [0.4, 0.5) is 18.9 Å². The van der Waals surface area contributed by atoms with Crippen molar-refractivity contribution in [1.82, 2.24) is 9.97 Å². The van der Waals surface area contributed by atoms with E-state index >= 15 is 0 Å². The molecule has 110 valence electrons. The molecule has 0 aliphatic rings. The molecule has 8 heteroatoms. The van der Waals surface area contributed by atoms with Crippen LogP contribution < -0.4 is 10.1 Å². The summed E-state index contributed by atoms with van der Waals surface area (Å²) in [5.74, 6) is -0.363. The molecule has 0 bridgehead atoms. The number of alkyl halides is 3. The first-order valence-electron chi connectivity index (χ1n) is 5.75. The molecule has 1 aromatic heterocycles. The lowest BCUT2D eigenvalue weighted by Gasteiger charge is -2.08. The Kier molecular flexibility index (Phi) is 4.06. The van der Waals surface area contributed by atoms with Gasteiger partial charge in [-0.3, -0.25) is 4.79 Å². The molecule has 5 nitrogen and oxygen atoms in total. The summed E-state index contributed by atoms with van der Waals surface area (Å²) in [6, 6.07) is 5.42. The summed E-state index contributed by atoms with van der Waals surface area (Å²) in [6.07, 6.45) is -3.26. The van der Waals surface area contributed by atoms with Crippen LogP contribution in [-0.4, -0.2) is 23.0 Å². The number of amides is 1. The van der Waals surface area contributed by atoms with E-state index < -0.39 is 17.6 Å². The van der Waals surface area contributed by atoms with E-state index in [9.17, 15) is 18.0 Å². The first-order chi connectivity index (χ1) is 9.90. The summed E-state index contributed by atoms with van der Waals surface area (Å²) in [7, 11) is 1.39. The molecule has 0 aliphatic carbocycles. The first-order valence-corrected chi connectivity index (χ1v) is 5.75. The summed E-state index contributed by atoms with van der Waals surface area (Å²) < 4.78 is 42.1. The number of carbonyl (C=O) groups excluding carboxylic acids is 1. The molecule has 0 saturated carbocycles. The number of benzene rings is 1.